The fourth-order valence-corrected chi connectivity index (χ4v) is 4.03. The van der Waals surface area contributed by atoms with Gasteiger partial charge in [-0.15, -0.1) is 12.4 Å². The highest BCUT2D eigenvalue weighted by molar-refractivity contribution is 5.85. The highest BCUT2D eigenvalue weighted by Crippen LogP contribution is 2.27. The molecule has 0 bridgehead atoms. The zero-order valence-electron chi connectivity index (χ0n) is 17.7. The summed E-state index contributed by atoms with van der Waals surface area (Å²) in [5.41, 5.74) is 3.45. The van der Waals surface area contributed by atoms with E-state index in [-0.39, 0.29) is 24.4 Å². The number of carbonyl (C=O) groups is 1. The Morgan fingerprint density at radius 2 is 1.97 bits per heavy atom. The number of nitrogens with one attached hydrogen (secondary N) is 1. The molecule has 0 radical (unpaired) electrons. The number of amides is 1. The van der Waals surface area contributed by atoms with E-state index in [4.69, 9.17) is 4.74 Å². The number of halogens is 1. The minimum atomic E-state index is 0. The Morgan fingerprint density at radius 3 is 2.59 bits per heavy atom. The number of rotatable bonds is 8. The molecule has 2 atom stereocenters. The number of hydrogen-bond donors (Lipinski definition) is 1. The van der Waals surface area contributed by atoms with Gasteiger partial charge in [0.2, 0.25) is 5.91 Å². The zero-order chi connectivity index (χ0) is 19.9. The fraction of sp³-hybridized carbons (Fsp3) is 0.458. The van der Waals surface area contributed by atoms with Crippen LogP contribution < -0.4 is 10.1 Å². The molecule has 1 aliphatic rings. The summed E-state index contributed by atoms with van der Waals surface area (Å²) in [5, 5.41) is 3.38. The van der Waals surface area contributed by atoms with Gasteiger partial charge in [0.05, 0.1) is 13.2 Å². The molecule has 0 aromatic heterocycles. The van der Waals surface area contributed by atoms with Crippen LogP contribution in [0.4, 0.5) is 0 Å². The molecule has 1 aliphatic heterocycles. The van der Waals surface area contributed by atoms with E-state index in [1.807, 2.05) is 23.1 Å². The van der Waals surface area contributed by atoms with E-state index >= 15 is 0 Å². The van der Waals surface area contributed by atoms with Crippen LogP contribution in [0, 0.1) is 5.92 Å². The van der Waals surface area contributed by atoms with Crippen molar-refractivity contribution >= 4 is 18.3 Å². The Morgan fingerprint density at radius 1 is 1.21 bits per heavy atom. The molecule has 1 N–H and O–H groups in total. The molecule has 1 fully saturated rings. The average molecular weight is 417 g/mol. The molecular weight excluding hydrogens is 384 g/mol. The Labute approximate surface area is 181 Å². The molecule has 2 aromatic rings. The van der Waals surface area contributed by atoms with Crippen LogP contribution >= 0.6 is 12.4 Å². The molecule has 1 heterocycles. The number of benzene rings is 2. The molecule has 0 spiro atoms. The van der Waals surface area contributed by atoms with Crippen molar-refractivity contribution in [2.24, 2.45) is 5.92 Å². The van der Waals surface area contributed by atoms with E-state index in [9.17, 15) is 4.79 Å². The lowest BCUT2D eigenvalue weighted by Crippen LogP contribution is -2.33. The molecular formula is C24H33ClN2O2. The molecule has 3 rings (SSSR count). The third-order valence-electron chi connectivity index (χ3n) is 5.85. The van der Waals surface area contributed by atoms with Crippen molar-refractivity contribution in [1.82, 2.24) is 10.2 Å². The first-order valence-electron chi connectivity index (χ1n) is 10.4. The normalized spacial score (nSPS) is 16.7. The van der Waals surface area contributed by atoms with Gasteiger partial charge < -0.3 is 15.0 Å². The van der Waals surface area contributed by atoms with E-state index in [1.54, 1.807) is 7.11 Å². The van der Waals surface area contributed by atoms with Gasteiger partial charge in [-0.05, 0) is 74.5 Å². The van der Waals surface area contributed by atoms with Crippen molar-refractivity contribution in [3.63, 3.8) is 0 Å². The Kier molecular flexibility index (Phi) is 8.99. The van der Waals surface area contributed by atoms with E-state index in [2.05, 4.69) is 49.5 Å². The monoisotopic (exact) mass is 416 g/mol. The summed E-state index contributed by atoms with van der Waals surface area (Å²) in [5.74, 6) is 1.77. The van der Waals surface area contributed by atoms with Gasteiger partial charge >= 0.3 is 0 Å². The summed E-state index contributed by atoms with van der Waals surface area (Å²) in [6.45, 7) is 7.07. The van der Waals surface area contributed by atoms with Crippen LogP contribution in [0.2, 0.25) is 0 Å². The summed E-state index contributed by atoms with van der Waals surface area (Å²) in [6.07, 6.45) is 2.83. The fourth-order valence-electron chi connectivity index (χ4n) is 4.03. The SMILES string of the molecule is CCN(C(=O)CCC1CCNC1)C(C)c1ccc(-c2cccc(OC)c2)cc1.Cl. The van der Waals surface area contributed by atoms with Crippen LogP contribution in [-0.4, -0.2) is 37.6 Å². The Balaban J connectivity index is 0.00000300. The second-order valence-electron chi connectivity index (χ2n) is 7.61. The number of hydrogen-bond acceptors (Lipinski definition) is 3. The van der Waals surface area contributed by atoms with Crippen LogP contribution in [0.3, 0.4) is 0 Å². The smallest absolute Gasteiger partial charge is 0.223 e. The zero-order valence-corrected chi connectivity index (χ0v) is 18.5. The van der Waals surface area contributed by atoms with Crippen molar-refractivity contribution in [3.8, 4) is 16.9 Å². The highest BCUT2D eigenvalue weighted by Gasteiger charge is 2.22. The third kappa shape index (κ3) is 5.97. The summed E-state index contributed by atoms with van der Waals surface area (Å²) < 4.78 is 5.32. The molecule has 158 valence electrons. The molecule has 0 saturated carbocycles. The Bertz CT molecular complexity index is 773. The van der Waals surface area contributed by atoms with Gasteiger partial charge in [0.1, 0.15) is 5.75 Å². The quantitative estimate of drug-likeness (QED) is 0.652. The molecule has 2 aromatic carbocycles. The predicted octanol–water partition coefficient (Wildman–Crippen LogP) is 5.08. The second kappa shape index (κ2) is 11.2. The first-order valence-corrected chi connectivity index (χ1v) is 10.4. The minimum absolute atomic E-state index is 0. The van der Waals surface area contributed by atoms with Crippen LogP contribution in [0.1, 0.15) is 44.7 Å². The molecule has 0 aliphatic carbocycles. The summed E-state index contributed by atoms with van der Waals surface area (Å²) in [4.78, 5) is 14.8. The van der Waals surface area contributed by atoms with Gasteiger partial charge in [0, 0.05) is 13.0 Å². The number of carbonyl (C=O) groups excluding carboxylic acids is 1. The third-order valence-corrected chi connectivity index (χ3v) is 5.85. The first-order chi connectivity index (χ1) is 13.6. The first kappa shape index (κ1) is 23.2. The second-order valence-corrected chi connectivity index (χ2v) is 7.61. The van der Waals surface area contributed by atoms with E-state index < -0.39 is 0 Å². The Hall–Kier alpha value is -2.04. The van der Waals surface area contributed by atoms with Gasteiger partial charge in [0.15, 0.2) is 0 Å². The van der Waals surface area contributed by atoms with Gasteiger partial charge in [-0.3, -0.25) is 4.79 Å². The maximum atomic E-state index is 12.8. The number of nitrogens with zero attached hydrogens (tertiary/aromatic N) is 1. The van der Waals surface area contributed by atoms with E-state index in [0.717, 1.165) is 42.9 Å². The van der Waals surface area contributed by atoms with Crippen molar-refractivity contribution < 1.29 is 9.53 Å². The summed E-state index contributed by atoms with van der Waals surface area (Å²) in [6, 6.07) is 16.7. The van der Waals surface area contributed by atoms with Gasteiger partial charge in [-0.1, -0.05) is 36.4 Å². The van der Waals surface area contributed by atoms with E-state index in [1.165, 1.54) is 12.0 Å². The number of methoxy groups -OCH3 is 1. The predicted molar refractivity (Wildman–Crippen MR) is 122 cm³/mol. The molecule has 5 heteroatoms. The van der Waals surface area contributed by atoms with Crippen molar-refractivity contribution in [2.75, 3.05) is 26.7 Å². The lowest BCUT2D eigenvalue weighted by molar-refractivity contribution is -0.133. The average Bonchev–Trinajstić information content (AvgIpc) is 3.26. The maximum Gasteiger partial charge on any atom is 0.223 e. The lowest BCUT2D eigenvalue weighted by atomic mass is 9.99. The van der Waals surface area contributed by atoms with Gasteiger partial charge in [-0.25, -0.2) is 0 Å². The topological polar surface area (TPSA) is 41.6 Å². The molecule has 4 nitrogen and oxygen atoms in total. The van der Waals surface area contributed by atoms with Gasteiger partial charge in [-0.2, -0.15) is 0 Å². The molecule has 2 unspecified atom stereocenters. The molecule has 1 saturated heterocycles. The van der Waals surface area contributed by atoms with Crippen LogP contribution in [-0.2, 0) is 4.79 Å². The van der Waals surface area contributed by atoms with Crippen LogP contribution in [0.5, 0.6) is 5.75 Å². The minimum Gasteiger partial charge on any atom is -0.497 e. The summed E-state index contributed by atoms with van der Waals surface area (Å²) in [7, 11) is 1.68. The van der Waals surface area contributed by atoms with Crippen molar-refractivity contribution in [3.05, 3.63) is 54.1 Å². The summed E-state index contributed by atoms with van der Waals surface area (Å²) >= 11 is 0. The molecule has 1 amide bonds. The largest absolute Gasteiger partial charge is 0.497 e. The lowest BCUT2D eigenvalue weighted by Gasteiger charge is -2.29. The maximum absolute atomic E-state index is 12.8. The van der Waals surface area contributed by atoms with Crippen LogP contribution in [0.15, 0.2) is 48.5 Å². The molecule has 29 heavy (non-hydrogen) atoms. The van der Waals surface area contributed by atoms with Crippen molar-refractivity contribution in [1.29, 1.82) is 0 Å². The van der Waals surface area contributed by atoms with Crippen molar-refractivity contribution in [2.45, 2.75) is 39.2 Å². The van der Waals surface area contributed by atoms with E-state index in [0.29, 0.717) is 12.3 Å². The van der Waals surface area contributed by atoms with Gasteiger partial charge in [0.25, 0.3) is 0 Å². The van der Waals surface area contributed by atoms with Crippen LogP contribution in [0.25, 0.3) is 11.1 Å². The highest BCUT2D eigenvalue weighted by atomic mass is 35.5. The number of ether oxygens (including phenoxy) is 1. The standard InChI is InChI=1S/C24H32N2O2.ClH/c1-4-26(24(27)13-8-19-14-15-25-17-19)18(2)20-9-11-21(12-10-20)22-6-5-7-23(16-22)28-3;/h5-7,9-12,16,18-19,25H,4,8,13-15,17H2,1-3H3;1H.